The van der Waals surface area contributed by atoms with Crippen molar-refractivity contribution in [2.24, 2.45) is 4.99 Å². The largest absolute Gasteiger partial charge is 0.506 e. The Bertz CT molecular complexity index is 530. The monoisotopic (exact) mass is 245 g/mol. The first-order chi connectivity index (χ1) is 8.59. The van der Waals surface area contributed by atoms with E-state index in [0.29, 0.717) is 11.3 Å². The number of ketones is 1. The van der Waals surface area contributed by atoms with Gasteiger partial charge in [-0.3, -0.25) is 9.79 Å². The number of Topliss-reactive ketones (excluding diaryl/α,β-unsaturated/α-hetero) is 1. The van der Waals surface area contributed by atoms with Crippen molar-refractivity contribution in [3.63, 3.8) is 0 Å². The molecule has 0 amide bonds. The van der Waals surface area contributed by atoms with Crippen LogP contribution in [0.1, 0.15) is 19.4 Å². The van der Waals surface area contributed by atoms with Crippen LogP contribution in [0.15, 0.2) is 34.8 Å². The third-order valence-corrected chi connectivity index (χ3v) is 2.56. The van der Waals surface area contributed by atoms with Crippen molar-refractivity contribution in [2.45, 2.75) is 19.9 Å². The van der Waals surface area contributed by atoms with Crippen molar-refractivity contribution < 1.29 is 14.6 Å². The Kier molecular flexibility index (Phi) is 3.46. The highest BCUT2D eigenvalue weighted by Crippen LogP contribution is 2.28. The van der Waals surface area contributed by atoms with Gasteiger partial charge < -0.3 is 9.84 Å². The van der Waals surface area contributed by atoms with Gasteiger partial charge in [-0.1, -0.05) is 12.1 Å². The Morgan fingerprint density at radius 3 is 2.83 bits per heavy atom. The lowest BCUT2D eigenvalue weighted by Gasteiger charge is -2.05. The summed E-state index contributed by atoms with van der Waals surface area (Å²) in [7, 11) is 0. The second-order valence-corrected chi connectivity index (χ2v) is 4.34. The minimum Gasteiger partial charge on any atom is -0.506 e. The third kappa shape index (κ3) is 2.42. The van der Waals surface area contributed by atoms with Crippen molar-refractivity contribution in [1.82, 2.24) is 0 Å². The number of hydrogen-bond donors (Lipinski definition) is 1. The van der Waals surface area contributed by atoms with E-state index >= 15 is 0 Å². The maximum absolute atomic E-state index is 11.9. The number of fused-ring (bicyclic) bond motifs is 1. The Morgan fingerprint density at radius 1 is 1.39 bits per heavy atom. The number of para-hydroxylation sites is 1. The van der Waals surface area contributed by atoms with E-state index < -0.39 is 0 Å². The smallest absolute Gasteiger partial charge is 0.205 e. The molecule has 2 rings (SSSR count). The third-order valence-electron chi connectivity index (χ3n) is 2.56. The van der Waals surface area contributed by atoms with Gasteiger partial charge in [-0.15, -0.1) is 0 Å². The molecule has 0 saturated heterocycles. The summed E-state index contributed by atoms with van der Waals surface area (Å²) >= 11 is 0. The van der Waals surface area contributed by atoms with Gasteiger partial charge in [0.25, 0.3) is 0 Å². The van der Waals surface area contributed by atoms with E-state index in [1.54, 1.807) is 24.3 Å². The summed E-state index contributed by atoms with van der Waals surface area (Å²) < 4.78 is 5.36. The van der Waals surface area contributed by atoms with Crippen LogP contribution in [0.4, 0.5) is 0 Å². The van der Waals surface area contributed by atoms with Crippen molar-refractivity contribution >= 4 is 17.8 Å². The van der Waals surface area contributed by atoms with E-state index in [0.717, 1.165) is 0 Å². The SMILES string of the molecule is CC(C)N=CC1=C(O)c2ccccc2OCC1=O. The molecule has 0 atom stereocenters. The lowest BCUT2D eigenvalue weighted by Crippen LogP contribution is -2.14. The fourth-order valence-corrected chi connectivity index (χ4v) is 1.64. The first-order valence-corrected chi connectivity index (χ1v) is 5.81. The lowest BCUT2D eigenvalue weighted by atomic mass is 10.1. The summed E-state index contributed by atoms with van der Waals surface area (Å²) in [6.45, 7) is 3.72. The van der Waals surface area contributed by atoms with Gasteiger partial charge in [0, 0.05) is 12.3 Å². The van der Waals surface area contributed by atoms with Crippen LogP contribution >= 0.6 is 0 Å². The normalized spacial score (nSPS) is 15.8. The van der Waals surface area contributed by atoms with Crippen LogP contribution < -0.4 is 4.74 Å². The van der Waals surface area contributed by atoms with Crippen molar-refractivity contribution in [1.29, 1.82) is 0 Å². The fraction of sp³-hybridized carbons (Fsp3) is 0.286. The quantitative estimate of drug-likeness (QED) is 0.814. The molecule has 1 aromatic carbocycles. The number of ether oxygens (including phenoxy) is 1. The number of rotatable bonds is 2. The molecule has 1 N–H and O–H groups in total. The first-order valence-electron chi connectivity index (χ1n) is 5.81. The molecule has 1 aliphatic rings. The molecule has 0 bridgehead atoms. The maximum Gasteiger partial charge on any atom is 0.205 e. The first kappa shape index (κ1) is 12.4. The summed E-state index contributed by atoms with van der Waals surface area (Å²) in [6.07, 6.45) is 1.42. The van der Waals surface area contributed by atoms with Crippen LogP contribution in [0, 0.1) is 0 Å². The molecule has 4 heteroatoms. The summed E-state index contributed by atoms with van der Waals surface area (Å²) in [5.74, 6) is 0.168. The second-order valence-electron chi connectivity index (χ2n) is 4.34. The van der Waals surface area contributed by atoms with Crippen LogP contribution in [0.3, 0.4) is 0 Å². The zero-order chi connectivity index (χ0) is 13.1. The van der Waals surface area contributed by atoms with Crippen LogP contribution in [0.5, 0.6) is 5.75 Å². The zero-order valence-electron chi connectivity index (χ0n) is 10.4. The number of nitrogens with zero attached hydrogens (tertiary/aromatic N) is 1. The van der Waals surface area contributed by atoms with E-state index in [9.17, 15) is 9.90 Å². The molecular weight excluding hydrogens is 230 g/mol. The lowest BCUT2D eigenvalue weighted by molar-refractivity contribution is -0.116. The topological polar surface area (TPSA) is 58.9 Å². The van der Waals surface area contributed by atoms with E-state index in [4.69, 9.17) is 4.74 Å². The summed E-state index contributed by atoms with van der Waals surface area (Å²) in [5, 5.41) is 10.2. The Hall–Kier alpha value is -2.10. The number of carbonyl (C=O) groups excluding carboxylic acids is 1. The van der Waals surface area contributed by atoms with Crippen LogP contribution in [0.2, 0.25) is 0 Å². The molecule has 0 fully saturated rings. The van der Waals surface area contributed by atoms with Gasteiger partial charge in [0.2, 0.25) is 5.78 Å². The van der Waals surface area contributed by atoms with Crippen LogP contribution in [-0.4, -0.2) is 29.8 Å². The highest BCUT2D eigenvalue weighted by atomic mass is 16.5. The van der Waals surface area contributed by atoms with Crippen molar-refractivity contribution in [3.8, 4) is 5.75 Å². The van der Waals surface area contributed by atoms with Crippen molar-refractivity contribution in [3.05, 3.63) is 35.4 Å². The molecule has 1 heterocycles. The standard InChI is InChI=1S/C14H15NO3/c1-9(2)15-7-11-12(16)8-18-13-6-4-3-5-10(13)14(11)17/h3-7,9,17H,8H2,1-2H3. The summed E-state index contributed by atoms with van der Waals surface area (Å²) in [4.78, 5) is 16.0. The minimum absolute atomic E-state index is 0.0671. The predicted octanol–water partition coefficient (Wildman–Crippen LogP) is 2.40. The molecule has 0 unspecified atom stereocenters. The highest BCUT2D eigenvalue weighted by Gasteiger charge is 2.22. The van der Waals surface area contributed by atoms with Crippen LogP contribution in [-0.2, 0) is 4.79 Å². The molecule has 0 aliphatic carbocycles. The second kappa shape index (κ2) is 5.04. The zero-order valence-corrected chi connectivity index (χ0v) is 10.4. The highest BCUT2D eigenvalue weighted by molar-refractivity contribution is 6.19. The Balaban J connectivity index is 2.50. The summed E-state index contributed by atoms with van der Waals surface area (Å²) in [5.41, 5.74) is 0.724. The summed E-state index contributed by atoms with van der Waals surface area (Å²) in [6, 6.07) is 7.08. The van der Waals surface area contributed by atoms with Gasteiger partial charge in [0.05, 0.1) is 11.1 Å². The Morgan fingerprint density at radius 2 is 2.11 bits per heavy atom. The number of aliphatic hydroxyl groups excluding tert-OH is 1. The van der Waals surface area contributed by atoms with Crippen molar-refractivity contribution in [2.75, 3.05) is 6.61 Å². The average Bonchev–Trinajstić information content (AvgIpc) is 2.46. The van der Waals surface area contributed by atoms with Gasteiger partial charge in [0.1, 0.15) is 11.5 Å². The van der Waals surface area contributed by atoms with Gasteiger partial charge in [-0.05, 0) is 26.0 Å². The maximum atomic E-state index is 11.9. The van der Waals surface area contributed by atoms with Crippen LogP contribution in [0.25, 0.3) is 5.76 Å². The van der Waals surface area contributed by atoms with Gasteiger partial charge in [-0.2, -0.15) is 0 Å². The molecule has 0 spiro atoms. The number of benzene rings is 1. The average molecular weight is 245 g/mol. The van der Waals surface area contributed by atoms with E-state index in [1.165, 1.54) is 6.21 Å². The molecular formula is C14H15NO3. The number of hydrogen-bond acceptors (Lipinski definition) is 4. The predicted molar refractivity (Wildman–Crippen MR) is 70.1 cm³/mol. The number of aliphatic imine (C=N–C) groups is 1. The minimum atomic E-state index is -0.270. The van der Waals surface area contributed by atoms with Gasteiger partial charge in [-0.25, -0.2) is 0 Å². The number of aliphatic hydroxyl groups is 1. The molecule has 1 aliphatic heterocycles. The molecule has 0 aromatic heterocycles. The number of carbonyl (C=O) groups is 1. The van der Waals surface area contributed by atoms with E-state index in [1.807, 2.05) is 13.8 Å². The fourth-order valence-electron chi connectivity index (χ4n) is 1.64. The van der Waals surface area contributed by atoms with Gasteiger partial charge >= 0.3 is 0 Å². The molecule has 0 radical (unpaired) electrons. The Labute approximate surface area is 106 Å². The van der Waals surface area contributed by atoms with Gasteiger partial charge in [0.15, 0.2) is 6.61 Å². The molecule has 0 saturated carbocycles. The van der Waals surface area contributed by atoms with E-state index in [-0.39, 0.29) is 29.8 Å². The molecule has 4 nitrogen and oxygen atoms in total. The molecule has 1 aromatic rings. The molecule has 94 valence electrons. The van der Waals surface area contributed by atoms with E-state index in [2.05, 4.69) is 4.99 Å². The molecule has 18 heavy (non-hydrogen) atoms.